The van der Waals surface area contributed by atoms with Crippen LogP contribution >= 0.6 is 15.9 Å². The van der Waals surface area contributed by atoms with Gasteiger partial charge in [0.2, 0.25) is 0 Å². The molecule has 1 fully saturated rings. The molecular formula is C23H28BrFN2O4. The molecule has 0 spiro atoms. The largest absolute Gasteiger partial charge is 0.493 e. The van der Waals surface area contributed by atoms with Gasteiger partial charge in [0, 0.05) is 25.2 Å². The van der Waals surface area contributed by atoms with E-state index in [1.165, 1.54) is 13.2 Å². The van der Waals surface area contributed by atoms with E-state index in [1.54, 1.807) is 18.2 Å². The van der Waals surface area contributed by atoms with E-state index in [0.717, 1.165) is 6.42 Å². The minimum Gasteiger partial charge on any atom is -0.493 e. The number of anilines is 1. The maximum atomic E-state index is 14.6. The summed E-state index contributed by atoms with van der Waals surface area (Å²) in [6, 6.07) is 8.28. The predicted octanol–water partition coefficient (Wildman–Crippen LogP) is 4.28. The molecule has 31 heavy (non-hydrogen) atoms. The van der Waals surface area contributed by atoms with Crippen LogP contribution in [0, 0.1) is 5.82 Å². The van der Waals surface area contributed by atoms with Crippen LogP contribution in [0.5, 0.6) is 11.5 Å². The standard InChI is InChI=1S/C23H28BrFN2O4/c1-3-10-31-22-18(24)12-16(13-21(22)30-2)23(29)26-14-15-4-5-20(19(25)11-15)27-8-6-17(28)7-9-27/h4-5,11-13,17,28H,3,6-10,14H2,1-2H3,(H,26,29). The predicted molar refractivity (Wildman–Crippen MR) is 122 cm³/mol. The number of methoxy groups -OCH3 is 1. The molecule has 6 nitrogen and oxygen atoms in total. The van der Waals surface area contributed by atoms with Crippen molar-refractivity contribution in [1.82, 2.24) is 5.32 Å². The Balaban J connectivity index is 1.65. The van der Waals surface area contributed by atoms with Gasteiger partial charge in [0.25, 0.3) is 5.91 Å². The zero-order valence-electron chi connectivity index (χ0n) is 17.8. The van der Waals surface area contributed by atoms with Gasteiger partial charge in [-0.1, -0.05) is 13.0 Å². The van der Waals surface area contributed by atoms with Crippen LogP contribution in [0.25, 0.3) is 0 Å². The zero-order valence-corrected chi connectivity index (χ0v) is 19.4. The molecule has 0 bridgehead atoms. The van der Waals surface area contributed by atoms with Crippen molar-refractivity contribution in [2.75, 3.05) is 31.7 Å². The number of carbonyl (C=O) groups is 1. The summed E-state index contributed by atoms with van der Waals surface area (Å²) in [5.41, 5.74) is 1.61. The van der Waals surface area contributed by atoms with Crippen molar-refractivity contribution in [3.63, 3.8) is 0 Å². The van der Waals surface area contributed by atoms with Gasteiger partial charge in [0.05, 0.1) is 30.0 Å². The van der Waals surface area contributed by atoms with Gasteiger partial charge in [-0.15, -0.1) is 0 Å². The second-order valence-electron chi connectivity index (χ2n) is 7.52. The number of benzene rings is 2. The van der Waals surface area contributed by atoms with E-state index >= 15 is 0 Å². The second-order valence-corrected chi connectivity index (χ2v) is 8.38. The number of hydrogen-bond donors (Lipinski definition) is 2. The maximum Gasteiger partial charge on any atom is 0.251 e. The number of aliphatic hydroxyl groups is 1. The van der Waals surface area contributed by atoms with Crippen LogP contribution in [0.4, 0.5) is 10.1 Å². The minimum atomic E-state index is -0.329. The number of amides is 1. The highest BCUT2D eigenvalue weighted by Crippen LogP contribution is 2.36. The fourth-order valence-electron chi connectivity index (χ4n) is 3.50. The molecule has 0 atom stereocenters. The molecule has 2 aromatic rings. The normalized spacial score (nSPS) is 14.4. The first-order valence-corrected chi connectivity index (χ1v) is 11.2. The van der Waals surface area contributed by atoms with Crippen molar-refractivity contribution in [2.24, 2.45) is 0 Å². The van der Waals surface area contributed by atoms with E-state index in [2.05, 4.69) is 21.2 Å². The van der Waals surface area contributed by atoms with Gasteiger partial charge in [-0.25, -0.2) is 4.39 Å². The summed E-state index contributed by atoms with van der Waals surface area (Å²) in [4.78, 5) is 14.6. The van der Waals surface area contributed by atoms with Gasteiger partial charge in [-0.3, -0.25) is 4.79 Å². The Bertz CT molecular complexity index is 917. The van der Waals surface area contributed by atoms with Crippen molar-refractivity contribution in [1.29, 1.82) is 0 Å². The number of nitrogens with one attached hydrogen (secondary N) is 1. The van der Waals surface area contributed by atoms with Gasteiger partial charge in [0.1, 0.15) is 5.82 Å². The molecule has 1 heterocycles. The monoisotopic (exact) mass is 494 g/mol. The van der Waals surface area contributed by atoms with Crippen LogP contribution in [-0.2, 0) is 6.54 Å². The lowest BCUT2D eigenvalue weighted by molar-refractivity contribution is 0.0950. The summed E-state index contributed by atoms with van der Waals surface area (Å²) in [7, 11) is 1.52. The Hall–Kier alpha value is -2.32. The molecule has 0 radical (unpaired) electrons. The van der Waals surface area contributed by atoms with Crippen LogP contribution < -0.4 is 19.7 Å². The molecule has 0 aliphatic carbocycles. The quantitative estimate of drug-likeness (QED) is 0.573. The first-order chi connectivity index (χ1) is 14.9. The van der Waals surface area contributed by atoms with Crippen molar-refractivity contribution in [3.8, 4) is 11.5 Å². The molecule has 2 N–H and O–H groups in total. The van der Waals surface area contributed by atoms with Gasteiger partial charge in [-0.05, 0) is 65.0 Å². The number of halogens is 2. The fourth-order valence-corrected chi connectivity index (χ4v) is 4.06. The molecule has 0 aromatic heterocycles. The van der Waals surface area contributed by atoms with Crippen LogP contribution in [-0.4, -0.2) is 43.9 Å². The maximum absolute atomic E-state index is 14.6. The van der Waals surface area contributed by atoms with Crippen LogP contribution in [0.1, 0.15) is 42.1 Å². The lowest BCUT2D eigenvalue weighted by atomic mass is 10.1. The third-order valence-corrected chi connectivity index (χ3v) is 5.80. The van der Waals surface area contributed by atoms with Crippen LogP contribution in [0.2, 0.25) is 0 Å². The molecular weight excluding hydrogens is 467 g/mol. The zero-order chi connectivity index (χ0) is 22.4. The smallest absolute Gasteiger partial charge is 0.251 e. The Morgan fingerprint density at radius 3 is 2.68 bits per heavy atom. The number of hydrogen-bond acceptors (Lipinski definition) is 5. The molecule has 1 aliphatic rings. The summed E-state index contributed by atoms with van der Waals surface area (Å²) >= 11 is 3.44. The molecule has 1 amide bonds. The average Bonchev–Trinajstić information content (AvgIpc) is 2.77. The third-order valence-electron chi connectivity index (χ3n) is 5.21. The van der Waals surface area contributed by atoms with E-state index in [0.29, 0.717) is 65.3 Å². The number of piperidine rings is 1. The highest BCUT2D eigenvalue weighted by atomic mass is 79.9. The fraction of sp³-hybridized carbons (Fsp3) is 0.435. The van der Waals surface area contributed by atoms with Crippen molar-refractivity contribution < 1.29 is 23.8 Å². The summed E-state index contributed by atoms with van der Waals surface area (Å²) < 4.78 is 26.3. The minimum absolute atomic E-state index is 0.197. The SMILES string of the molecule is CCCOc1c(Br)cc(C(=O)NCc2ccc(N3CCC(O)CC3)c(F)c2)cc1OC. The van der Waals surface area contributed by atoms with Gasteiger partial charge >= 0.3 is 0 Å². The molecule has 1 saturated heterocycles. The average molecular weight is 495 g/mol. The summed E-state index contributed by atoms with van der Waals surface area (Å²) in [5, 5.41) is 12.4. The van der Waals surface area contributed by atoms with E-state index in [4.69, 9.17) is 9.47 Å². The van der Waals surface area contributed by atoms with Crippen LogP contribution in [0.3, 0.4) is 0 Å². The van der Waals surface area contributed by atoms with Crippen molar-refractivity contribution >= 4 is 27.5 Å². The second kappa shape index (κ2) is 10.8. The van der Waals surface area contributed by atoms with Gasteiger partial charge in [-0.2, -0.15) is 0 Å². The summed E-state index contributed by atoms with van der Waals surface area (Å²) in [5.74, 6) is 0.402. The van der Waals surface area contributed by atoms with Crippen molar-refractivity contribution in [2.45, 2.75) is 38.8 Å². The number of ether oxygens (including phenoxy) is 2. The first-order valence-electron chi connectivity index (χ1n) is 10.4. The molecule has 8 heteroatoms. The van der Waals surface area contributed by atoms with E-state index in [-0.39, 0.29) is 24.4 Å². The summed E-state index contributed by atoms with van der Waals surface area (Å²) in [6.07, 6.45) is 1.82. The Morgan fingerprint density at radius 1 is 1.29 bits per heavy atom. The number of aliphatic hydroxyl groups excluding tert-OH is 1. The Kier molecular flexibility index (Phi) is 8.15. The third kappa shape index (κ3) is 5.89. The van der Waals surface area contributed by atoms with E-state index in [9.17, 15) is 14.3 Å². The van der Waals surface area contributed by atoms with Crippen LogP contribution in [0.15, 0.2) is 34.8 Å². The number of rotatable bonds is 8. The summed E-state index contributed by atoms with van der Waals surface area (Å²) in [6.45, 7) is 4.00. The molecule has 3 rings (SSSR count). The van der Waals surface area contributed by atoms with Crippen molar-refractivity contribution in [3.05, 3.63) is 51.7 Å². The van der Waals surface area contributed by atoms with Gasteiger partial charge in [0.15, 0.2) is 11.5 Å². The lowest BCUT2D eigenvalue weighted by Gasteiger charge is -2.31. The Labute approximate surface area is 190 Å². The molecule has 0 unspecified atom stereocenters. The van der Waals surface area contributed by atoms with E-state index in [1.807, 2.05) is 17.9 Å². The topological polar surface area (TPSA) is 71.0 Å². The molecule has 1 aliphatic heterocycles. The molecule has 2 aromatic carbocycles. The van der Waals surface area contributed by atoms with E-state index < -0.39 is 0 Å². The molecule has 0 saturated carbocycles. The first kappa shape index (κ1) is 23.3. The number of carbonyl (C=O) groups excluding carboxylic acids is 1. The number of nitrogens with zero attached hydrogens (tertiary/aromatic N) is 1. The van der Waals surface area contributed by atoms with Gasteiger partial charge < -0.3 is 24.8 Å². The molecule has 168 valence electrons. The highest BCUT2D eigenvalue weighted by Gasteiger charge is 2.20. The highest BCUT2D eigenvalue weighted by molar-refractivity contribution is 9.10. The lowest BCUT2D eigenvalue weighted by Crippen LogP contribution is -2.36. The Morgan fingerprint density at radius 2 is 2.03 bits per heavy atom.